The highest BCUT2D eigenvalue weighted by molar-refractivity contribution is 5.45. The molecule has 0 amide bonds. The topological polar surface area (TPSA) is 52.0 Å². The predicted octanol–water partition coefficient (Wildman–Crippen LogP) is 2.24. The molecule has 0 aliphatic rings. The maximum absolute atomic E-state index is 5.98. The van der Waals surface area contributed by atoms with Gasteiger partial charge in [-0.05, 0) is 36.1 Å². The van der Waals surface area contributed by atoms with Crippen LogP contribution in [0.4, 0.5) is 5.69 Å². The van der Waals surface area contributed by atoms with Gasteiger partial charge in [0.05, 0.1) is 0 Å². The summed E-state index contributed by atoms with van der Waals surface area (Å²) in [6.07, 6.45) is 1.97. The van der Waals surface area contributed by atoms with Crippen LogP contribution in [-0.4, -0.2) is 0 Å². The van der Waals surface area contributed by atoms with Crippen LogP contribution in [-0.2, 0) is 6.42 Å². The first kappa shape index (κ1) is 10.1. The Morgan fingerprint density at radius 3 is 2.54 bits per heavy atom. The molecule has 0 unspecified atom stereocenters. The molecule has 4 N–H and O–H groups in total. The van der Waals surface area contributed by atoms with Crippen LogP contribution in [0, 0.1) is 0 Å². The van der Waals surface area contributed by atoms with Gasteiger partial charge in [-0.2, -0.15) is 0 Å². The molecule has 1 aromatic carbocycles. The van der Waals surface area contributed by atoms with Crippen molar-refractivity contribution >= 4 is 5.69 Å². The van der Waals surface area contributed by atoms with Crippen LogP contribution < -0.4 is 11.5 Å². The van der Waals surface area contributed by atoms with Gasteiger partial charge in [0.2, 0.25) is 0 Å². The van der Waals surface area contributed by atoms with Crippen molar-refractivity contribution in [1.29, 1.82) is 0 Å². The summed E-state index contributed by atoms with van der Waals surface area (Å²) in [5, 5.41) is 0. The number of benzene rings is 1. The molecule has 0 aliphatic carbocycles. The number of hydrogen-bond acceptors (Lipinski definition) is 2. The molecule has 72 valence electrons. The van der Waals surface area contributed by atoms with Gasteiger partial charge in [0.25, 0.3) is 0 Å². The molecule has 0 saturated heterocycles. The zero-order valence-corrected chi connectivity index (χ0v) is 8.38. The molecule has 1 atom stereocenters. The van der Waals surface area contributed by atoms with Crippen molar-refractivity contribution in [2.24, 2.45) is 5.73 Å². The Balaban J connectivity index is 3.07. The van der Waals surface area contributed by atoms with Crippen LogP contribution in [0.1, 0.15) is 37.4 Å². The van der Waals surface area contributed by atoms with Crippen LogP contribution in [0.25, 0.3) is 0 Å². The van der Waals surface area contributed by atoms with E-state index >= 15 is 0 Å². The van der Waals surface area contributed by atoms with E-state index in [4.69, 9.17) is 11.5 Å². The van der Waals surface area contributed by atoms with E-state index < -0.39 is 0 Å². The zero-order valence-electron chi connectivity index (χ0n) is 8.38. The van der Waals surface area contributed by atoms with Gasteiger partial charge >= 0.3 is 0 Å². The van der Waals surface area contributed by atoms with Crippen molar-refractivity contribution < 1.29 is 0 Å². The summed E-state index contributed by atoms with van der Waals surface area (Å²) in [6, 6.07) is 6.12. The Hall–Kier alpha value is -1.02. The SMILES string of the molecule is CCc1ccc(N)cc1[C@@H](N)CC. The molecule has 0 saturated carbocycles. The number of nitrogen functional groups attached to an aromatic ring is 1. The van der Waals surface area contributed by atoms with Gasteiger partial charge in [-0.3, -0.25) is 0 Å². The summed E-state index contributed by atoms with van der Waals surface area (Å²) in [5.74, 6) is 0. The van der Waals surface area contributed by atoms with Gasteiger partial charge in [-0.25, -0.2) is 0 Å². The summed E-state index contributed by atoms with van der Waals surface area (Å²) in [6.45, 7) is 4.23. The molecule has 2 heteroatoms. The Morgan fingerprint density at radius 2 is 2.00 bits per heavy atom. The first-order valence-electron chi connectivity index (χ1n) is 4.82. The number of anilines is 1. The molecule has 0 fully saturated rings. The molecule has 0 aliphatic heterocycles. The van der Waals surface area contributed by atoms with E-state index in [1.54, 1.807) is 0 Å². The fraction of sp³-hybridized carbons (Fsp3) is 0.455. The Labute approximate surface area is 79.9 Å². The lowest BCUT2D eigenvalue weighted by Crippen LogP contribution is -2.11. The fourth-order valence-electron chi connectivity index (χ4n) is 1.50. The predicted molar refractivity (Wildman–Crippen MR) is 57.5 cm³/mol. The molecule has 0 heterocycles. The summed E-state index contributed by atoms with van der Waals surface area (Å²) in [7, 11) is 0. The lowest BCUT2D eigenvalue weighted by molar-refractivity contribution is 0.690. The molecule has 0 aromatic heterocycles. The Kier molecular flexibility index (Phi) is 3.32. The second kappa shape index (κ2) is 4.28. The number of rotatable bonds is 3. The van der Waals surface area contributed by atoms with Gasteiger partial charge in [0.15, 0.2) is 0 Å². The van der Waals surface area contributed by atoms with Crippen LogP contribution in [0.5, 0.6) is 0 Å². The minimum atomic E-state index is 0.124. The average Bonchev–Trinajstić information content (AvgIpc) is 2.16. The van der Waals surface area contributed by atoms with E-state index in [1.165, 1.54) is 11.1 Å². The van der Waals surface area contributed by atoms with Crippen molar-refractivity contribution in [1.82, 2.24) is 0 Å². The van der Waals surface area contributed by atoms with Gasteiger partial charge < -0.3 is 11.5 Å². The smallest absolute Gasteiger partial charge is 0.0317 e. The standard InChI is InChI=1S/C11H18N2/c1-3-8-5-6-9(12)7-10(8)11(13)4-2/h5-7,11H,3-4,12-13H2,1-2H3/t11-/m0/s1. The van der Waals surface area contributed by atoms with Crippen molar-refractivity contribution in [3.63, 3.8) is 0 Å². The van der Waals surface area contributed by atoms with Crippen LogP contribution in [0.15, 0.2) is 18.2 Å². The summed E-state index contributed by atoms with van der Waals surface area (Å²) in [5.41, 5.74) is 15.0. The van der Waals surface area contributed by atoms with E-state index in [1.807, 2.05) is 12.1 Å². The van der Waals surface area contributed by atoms with Gasteiger partial charge in [-0.15, -0.1) is 0 Å². The number of nitrogens with two attached hydrogens (primary N) is 2. The van der Waals surface area contributed by atoms with Crippen molar-refractivity contribution in [2.75, 3.05) is 5.73 Å². The largest absolute Gasteiger partial charge is 0.399 e. The van der Waals surface area contributed by atoms with Crippen molar-refractivity contribution in [2.45, 2.75) is 32.7 Å². The highest BCUT2D eigenvalue weighted by Gasteiger charge is 2.07. The third-order valence-electron chi connectivity index (χ3n) is 2.39. The van der Waals surface area contributed by atoms with E-state index in [0.29, 0.717) is 0 Å². The van der Waals surface area contributed by atoms with Gasteiger partial charge in [-0.1, -0.05) is 19.9 Å². The number of aryl methyl sites for hydroxylation is 1. The van der Waals surface area contributed by atoms with Crippen LogP contribution >= 0.6 is 0 Å². The molecule has 13 heavy (non-hydrogen) atoms. The molecule has 1 rings (SSSR count). The molecule has 0 bridgehead atoms. The first-order valence-corrected chi connectivity index (χ1v) is 4.82. The zero-order chi connectivity index (χ0) is 9.84. The van der Waals surface area contributed by atoms with Crippen molar-refractivity contribution in [3.8, 4) is 0 Å². The van der Waals surface area contributed by atoms with E-state index in [9.17, 15) is 0 Å². The number of hydrogen-bond donors (Lipinski definition) is 2. The van der Waals surface area contributed by atoms with Crippen LogP contribution in [0.3, 0.4) is 0 Å². The van der Waals surface area contributed by atoms with E-state index in [2.05, 4.69) is 19.9 Å². The molecule has 0 radical (unpaired) electrons. The monoisotopic (exact) mass is 178 g/mol. The van der Waals surface area contributed by atoms with Crippen molar-refractivity contribution in [3.05, 3.63) is 29.3 Å². The van der Waals surface area contributed by atoms with Gasteiger partial charge in [0.1, 0.15) is 0 Å². The highest BCUT2D eigenvalue weighted by Crippen LogP contribution is 2.21. The summed E-state index contributed by atoms with van der Waals surface area (Å²) < 4.78 is 0. The average molecular weight is 178 g/mol. The molecule has 1 aromatic rings. The summed E-state index contributed by atoms with van der Waals surface area (Å²) in [4.78, 5) is 0. The molecule has 2 nitrogen and oxygen atoms in total. The Bertz CT molecular complexity index is 281. The third-order valence-corrected chi connectivity index (χ3v) is 2.39. The van der Waals surface area contributed by atoms with Gasteiger partial charge in [0, 0.05) is 11.7 Å². The van der Waals surface area contributed by atoms with Crippen LogP contribution in [0.2, 0.25) is 0 Å². The minimum absolute atomic E-state index is 0.124. The molecular formula is C11H18N2. The molecule has 0 spiro atoms. The maximum Gasteiger partial charge on any atom is 0.0317 e. The second-order valence-corrected chi connectivity index (χ2v) is 3.33. The fourth-order valence-corrected chi connectivity index (χ4v) is 1.50. The third kappa shape index (κ3) is 2.22. The Morgan fingerprint density at radius 1 is 1.31 bits per heavy atom. The quantitative estimate of drug-likeness (QED) is 0.697. The second-order valence-electron chi connectivity index (χ2n) is 3.33. The highest BCUT2D eigenvalue weighted by atomic mass is 14.6. The normalized spacial score (nSPS) is 12.8. The molecular weight excluding hydrogens is 160 g/mol. The lowest BCUT2D eigenvalue weighted by atomic mass is 9.97. The first-order chi connectivity index (χ1) is 6.19. The minimum Gasteiger partial charge on any atom is -0.399 e. The maximum atomic E-state index is 5.98. The summed E-state index contributed by atoms with van der Waals surface area (Å²) >= 11 is 0. The van der Waals surface area contributed by atoms with E-state index in [-0.39, 0.29) is 6.04 Å². The lowest BCUT2D eigenvalue weighted by Gasteiger charge is -2.14. The van der Waals surface area contributed by atoms with E-state index in [0.717, 1.165) is 18.5 Å².